The first-order valence-corrected chi connectivity index (χ1v) is 8.31. The molecule has 2 aromatic heterocycles. The molecular formula is C15H18N8O4. The van der Waals surface area contributed by atoms with Crippen LogP contribution in [0.4, 0.5) is 11.4 Å². The zero-order chi connectivity index (χ0) is 19.2. The molecule has 0 spiro atoms. The van der Waals surface area contributed by atoms with Crippen molar-refractivity contribution in [3.8, 4) is 0 Å². The van der Waals surface area contributed by atoms with Gasteiger partial charge < -0.3 is 10.6 Å². The lowest BCUT2D eigenvalue weighted by Crippen LogP contribution is -2.17. The molecule has 12 nitrogen and oxygen atoms in total. The number of rotatable bonds is 9. The minimum Gasteiger partial charge on any atom is -0.383 e. The quantitative estimate of drug-likeness (QED) is 0.316. The van der Waals surface area contributed by atoms with E-state index in [1.165, 1.54) is 6.07 Å². The van der Waals surface area contributed by atoms with Gasteiger partial charge in [-0.05, 0) is 22.8 Å². The number of hydrogen-bond donors (Lipinski definition) is 2. The third kappa shape index (κ3) is 4.34. The van der Waals surface area contributed by atoms with Gasteiger partial charge in [0, 0.05) is 45.2 Å². The Hall–Kier alpha value is -3.57. The van der Waals surface area contributed by atoms with Gasteiger partial charge in [0.2, 0.25) is 11.4 Å². The van der Waals surface area contributed by atoms with Crippen molar-refractivity contribution in [3.63, 3.8) is 0 Å². The molecule has 0 aliphatic carbocycles. The van der Waals surface area contributed by atoms with Gasteiger partial charge in [0.25, 0.3) is 0 Å². The number of non-ortho nitro benzene ring substituents is 1. The summed E-state index contributed by atoms with van der Waals surface area (Å²) in [7, 11) is 1.60. The molecule has 0 fully saturated rings. The number of fused-ring (bicyclic) bond motifs is 1. The number of nitro benzene ring substituents is 1. The van der Waals surface area contributed by atoms with Crippen molar-refractivity contribution in [1.29, 1.82) is 0 Å². The first-order chi connectivity index (χ1) is 13.1. The van der Waals surface area contributed by atoms with Crippen LogP contribution in [0.2, 0.25) is 0 Å². The van der Waals surface area contributed by atoms with E-state index in [-0.39, 0.29) is 17.1 Å². The van der Waals surface area contributed by atoms with Gasteiger partial charge in [-0.15, -0.1) is 5.10 Å². The van der Waals surface area contributed by atoms with E-state index in [4.69, 9.17) is 0 Å². The Balaban J connectivity index is 1.51. The lowest BCUT2D eigenvalue weighted by atomic mass is 10.2. The number of nitrogens with one attached hydrogen (secondary N) is 2. The minimum absolute atomic E-state index is 0.0366. The number of anilines is 1. The fourth-order valence-electron chi connectivity index (χ4n) is 2.54. The predicted octanol–water partition coefficient (Wildman–Crippen LogP) is 0.903. The largest absolute Gasteiger partial charge is 0.383 e. The number of carbonyl (C=O) groups is 1. The summed E-state index contributed by atoms with van der Waals surface area (Å²) in [6.07, 6.45) is 3.47. The zero-order valence-corrected chi connectivity index (χ0v) is 14.6. The van der Waals surface area contributed by atoms with Gasteiger partial charge in [-0.25, -0.2) is 4.63 Å². The summed E-state index contributed by atoms with van der Waals surface area (Å²) in [5.74, 6) is -0.0366. The van der Waals surface area contributed by atoms with E-state index >= 15 is 0 Å². The number of amides is 1. The van der Waals surface area contributed by atoms with E-state index in [0.29, 0.717) is 37.1 Å². The molecule has 3 rings (SSSR count). The molecule has 1 amide bonds. The van der Waals surface area contributed by atoms with E-state index in [1.54, 1.807) is 17.8 Å². The van der Waals surface area contributed by atoms with Crippen molar-refractivity contribution in [2.24, 2.45) is 0 Å². The third-order valence-electron chi connectivity index (χ3n) is 3.94. The van der Waals surface area contributed by atoms with Gasteiger partial charge in [-0.1, -0.05) is 5.21 Å². The highest BCUT2D eigenvalue weighted by molar-refractivity contribution is 5.93. The number of hydrogen-bond acceptors (Lipinski definition) is 9. The van der Waals surface area contributed by atoms with Crippen molar-refractivity contribution in [3.05, 3.63) is 34.1 Å². The molecule has 142 valence electrons. The summed E-state index contributed by atoms with van der Waals surface area (Å²) in [5, 5.41) is 32.1. The Morgan fingerprint density at radius 3 is 2.93 bits per heavy atom. The highest BCUT2D eigenvalue weighted by atomic mass is 16.6. The number of aromatic nitrogens is 5. The van der Waals surface area contributed by atoms with Crippen LogP contribution in [0.5, 0.6) is 0 Å². The fraction of sp³-hybridized carbons (Fsp3) is 0.400. The molecule has 0 radical (unpaired) electrons. The number of carbonyl (C=O) groups excluding carboxylic acids is 1. The molecule has 0 aliphatic heterocycles. The number of benzene rings is 1. The van der Waals surface area contributed by atoms with Gasteiger partial charge in [-0.3, -0.25) is 19.6 Å². The molecule has 27 heavy (non-hydrogen) atoms. The molecule has 0 saturated heterocycles. The molecule has 2 heterocycles. The monoisotopic (exact) mass is 374 g/mol. The summed E-state index contributed by atoms with van der Waals surface area (Å²) in [6.45, 7) is 1.22. The zero-order valence-electron chi connectivity index (χ0n) is 14.6. The summed E-state index contributed by atoms with van der Waals surface area (Å²) < 4.78 is 6.34. The number of nitro groups is 1. The highest BCUT2D eigenvalue weighted by Crippen LogP contribution is 2.28. The first kappa shape index (κ1) is 18.2. The van der Waals surface area contributed by atoms with Gasteiger partial charge in [-0.2, -0.15) is 0 Å². The molecule has 2 N–H and O–H groups in total. The van der Waals surface area contributed by atoms with Crippen LogP contribution in [0.15, 0.2) is 23.0 Å². The van der Waals surface area contributed by atoms with Crippen LogP contribution in [-0.4, -0.2) is 49.7 Å². The molecule has 12 heteroatoms. The maximum Gasteiger partial charge on any atom is 0.300 e. The molecule has 3 aromatic rings. The van der Waals surface area contributed by atoms with Crippen LogP contribution in [0, 0.1) is 10.1 Å². The molecule has 0 aliphatic rings. The lowest BCUT2D eigenvalue weighted by molar-refractivity contribution is -0.383. The van der Waals surface area contributed by atoms with Crippen molar-refractivity contribution < 1.29 is 14.3 Å². The molecule has 0 bridgehead atoms. The van der Waals surface area contributed by atoms with Crippen molar-refractivity contribution in [1.82, 2.24) is 30.6 Å². The Kier molecular flexibility index (Phi) is 5.54. The number of aryl methyl sites for hydroxylation is 2. The highest BCUT2D eigenvalue weighted by Gasteiger charge is 2.19. The second-order valence-corrected chi connectivity index (χ2v) is 5.78. The maximum absolute atomic E-state index is 11.2. The van der Waals surface area contributed by atoms with Gasteiger partial charge >= 0.3 is 5.69 Å². The molecule has 0 atom stereocenters. The van der Waals surface area contributed by atoms with E-state index in [9.17, 15) is 14.9 Å². The Labute approximate surface area is 153 Å². The Bertz CT molecular complexity index is 950. The smallest absolute Gasteiger partial charge is 0.300 e. The van der Waals surface area contributed by atoms with E-state index in [2.05, 4.69) is 35.9 Å². The van der Waals surface area contributed by atoms with Crippen molar-refractivity contribution in [2.75, 3.05) is 18.9 Å². The van der Waals surface area contributed by atoms with Crippen molar-refractivity contribution >= 4 is 28.3 Å². The van der Waals surface area contributed by atoms with Gasteiger partial charge in [0.1, 0.15) is 0 Å². The second-order valence-electron chi connectivity index (χ2n) is 5.78. The summed E-state index contributed by atoms with van der Waals surface area (Å²) in [6, 6.07) is 2.95. The Morgan fingerprint density at radius 1 is 1.33 bits per heavy atom. The summed E-state index contributed by atoms with van der Waals surface area (Å²) >= 11 is 0. The average molecular weight is 374 g/mol. The van der Waals surface area contributed by atoms with Crippen LogP contribution < -0.4 is 10.6 Å². The lowest BCUT2D eigenvalue weighted by Gasteiger charge is -2.06. The van der Waals surface area contributed by atoms with E-state index in [1.807, 2.05) is 6.20 Å². The second kappa shape index (κ2) is 8.21. The number of nitrogens with zero attached hydrogens (tertiary/aromatic N) is 6. The van der Waals surface area contributed by atoms with E-state index in [0.717, 1.165) is 12.1 Å². The normalized spacial score (nSPS) is 10.9. The standard InChI is InChI=1S/C15H18N8O4/c1-16-13(24)6-3-10-9-22(21-18-10)8-2-7-17-11-4-5-12(23(25)26)15-14(11)19-27-20-15/h4-5,9,17H,2-3,6-8H2,1H3,(H,16,24). The first-order valence-electron chi connectivity index (χ1n) is 8.31. The Morgan fingerprint density at radius 2 is 2.15 bits per heavy atom. The third-order valence-corrected chi connectivity index (χ3v) is 3.94. The average Bonchev–Trinajstić information content (AvgIpc) is 3.32. The van der Waals surface area contributed by atoms with Crippen LogP contribution in [0.25, 0.3) is 11.0 Å². The van der Waals surface area contributed by atoms with Crippen LogP contribution in [0.1, 0.15) is 18.5 Å². The van der Waals surface area contributed by atoms with Crippen LogP contribution in [-0.2, 0) is 17.8 Å². The van der Waals surface area contributed by atoms with Gasteiger partial charge in [0.15, 0.2) is 5.52 Å². The topological polar surface area (TPSA) is 154 Å². The molecule has 0 saturated carbocycles. The van der Waals surface area contributed by atoms with E-state index < -0.39 is 4.92 Å². The predicted molar refractivity (Wildman–Crippen MR) is 94.0 cm³/mol. The van der Waals surface area contributed by atoms with Crippen LogP contribution >= 0.6 is 0 Å². The molecule has 1 aromatic carbocycles. The SMILES string of the molecule is CNC(=O)CCc1cn(CCCNc2ccc([N+](=O)[O-])c3nonc23)nn1. The van der Waals surface area contributed by atoms with Crippen molar-refractivity contribution in [2.45, 2.75) is 25.8 Å². The summed E-state index contributed by atoms with van der Waals surface area (Å²) in [4.78, 5) is 21.7. The van der Waals surface area contributed by atoms with Crippen LogP contribution in [0.3, 0.4) is 0 Å². The van der Waals surface area contributed by atoms with Gasteiger partial charge in [0.05, 0.1) is 16.3 Å². The maximum atomic E-state index is 11.2. The minimum atomic E-state index is -0.525. The molecular weight excluding hydrogens is 356 g/mol. The molecule has 0 unspecified atom stereocenters. The fourth-order valence-corrected chi connectivity index (χ4v) is 2.54. The summed E-state index contributed by atoms with van der Waals surface area (Å²) in [5.41, 5.74) is 1.66.